The van der Waals surface area contributed by atoms with Gasteiger partial charge in [0.25, 0.3) is 0 Å². The van der Waals surface area contributed by atoms with Crippen molar-refractivity contribution in [1.82, 2.24) is 0 Å². The summed E-state index contributed by atoms with van der Waals surface area (Å²) in [6.07, 6.45) is 41.1. The van der Waals surface area contributed by atoms with Crippen molar-refractivity contribution in [3.8, 4) is 0 Å². The van der Waals surface area contributed by atoms with Crippen LogP contribution in [0.3, 0.4) is 0 Å². The topological polar surface area (TPSA) is 19.9 Å². The van der Waals surface area contributed by atoms with E-state index in [1.807, 2.05) is 0 Å². The van der Waals surface area contributed by atoms with Crippen LogP contribution in [0.4, 0.5) is 0 Å². The third-order valence-corrected chi connectivity index (χ3v) is 14.5. The third-order valence-electron chi connectivity index (χ3n) is 10.7. The van der Waals surface area contributed by atoms with Crippen LogP contribution in [0.15, 0.2) is 0 Å². The summed E-state index contributed by atoms with van der Waals surface area (Å²) in [6.45, 7) is 21.3. The van der Waals surface area contributed by atoms with Crippen molar-refractivity contribution in [1.29, 1.82) is 0 Å². The van der Waals surface area contributed by atoms with Gasteiger partial charge in [0, 0.05) is 0 Å². The van der Waals surface area contributed by atoms with Gasteiger partial charge in [-0.05, 0) is 53.6 Å². The molecular formula is C45H93OSi. The summed E-state index contributed by atoms with van der Waals surface area (Å²) in [7, 11) is -2.32. The molecule has 0 N–H and O–H groups in total. The average molecular weight is 678 g/mol. The van der Waals surface area contributed by atoms with Crippen molar-refractivity contribution >= 4 is 8.32 Å². The molecule has 0 aromatic heterocycles. The Morgan fingerprint density at radius 2 is 0.404 bits per heavy atom. The fourth-order valence-corrected chi connectivity index (χ4v) is 10.8. The lowest BCUT2D eigenvalue weighted by atomic mass is 9.89. The smallest absolute Gasteiger partial charge is 0.237 e. The van der Waals surface area contributed by atoms with E-state index in [9.17, 15) is 4.80 Å². The molecule has 0 aliphatic rings. The first-order chi connectivity index (χ1) is 22.1. The standard InChI is InChI=1S/C45H93OSi/c1-43(2,3)37-31-25-19-13-10-16-22-28-34-40-47(46,41-35-29-23-17-11-14-20-26-32-38-44(4,5)6)42-36-30-24-18-12-15-21-27-33-39-45(7,8)9/h10-42H2,1-9H3. The highest BCUT2D eigenvalue weighted by atomic mass is 28.4. The molecule has 0 aliphatic heterocycles. The summed E-state index contributed by atoms with van der Waals surface area (Å²) in [5.74, 6) is 0. The first-order valence-corrected chi connectivity index (χ1v) is 24.4. The fourth-order valence-electron chi connectivity index (χ4n) is 7.39. The van der Waals surface area contributed by atoms with E-state index in [-0.39, 0.29) is 0 Å². The summed E-state index contributed by atoms with van der Waals surface area (Å²) in [5.41, 5.74) is 1.49. The van der Waals surface area contributed by atoms with Crippen molar-refractivity contribution < 1.29 is 4.80 Å². The molecule has 0 spiro atoms. The van der Waals surface area contributed by atoms with Gasteiger partial charge < -0.3 is 0 Å². The van der Waals surface area contributed by atoms with Gasteiger partial charge in [0.15, 0.2) is 0 Å². The largest absolute Gasteiger partial charge is 0.297 e. The van der Waals surface area contributed by atoms with Gasteiger partial charge >= 0.3 is 0 Å². The molecule has 0 saturated carbocycles. The zero-order valence-corrected chi connectivity index (χ0v) is 35.7. The maximum atomic E-state index is 14.2. The molecule has 1 nitrogen and oxygen atoms in total. The van der Waals surface area contributed by atoms with E-state index >= 15 is 0 Å². The molecule has 1 radical (unpaired) electrons. The second-order valence-corrected chi connectivity index (χ2v) is 23.8. The summed E-state index contributed by atoms with van der Waals surface area (Å²) >= 11 is 0. The molecule has 0 bridgehead atoms. The Kier molecular flexibility index (Phi) is 28.9. The number of rotatable bonds is 33. The van der Waals surface area contributed by atoms with Gasteiger partial charge in [0.05, 0.1) is 0 Å². The van der Waals surface area contributed by atoms with Crippen molar-refractivity contribution in [3.63, 3.8) is 0 Å². The second-order valence-electron chi connectivity index (χ2n) is 19.9. The van der Waals surface area contributed by atoms with Crippen LogP contribution in [0.1, 0.15) is 255 Å². The van der Waals surface area contributed by atoms with Gasteiger partial charge in [-0.3, -0.25) is 4.80 Å². The van der Waals surface area contributed by atoms with Crippen LogP contribution in [0.2, 0.25) is 18.1 Å². The van der Waals surface area contributed by atoms with Crippen molar-refractivity contribution in [3.05, 3.63) is 0 Å². The summed E-state index contributed by atoms with van der Waals surface area (Å²) < 4.78 is 0. The van der Waals surface area contributed by atoms with Crippen LogP contribution in [-0.4, -0.2) is 8.32 Å². The van der Waals surface area contributed by atoms with E-state index in [1.54, 1.807) is 0 Å². The zero-order chi connectivity index (χ0) is 35.3. The Hall–Kier alpha value is 0.177. The van der Waals surface area contributed by atoms with E-state index in [0.29, 0.717) is 16.2 Å². The molecular weight excluding hydrogens is 585 g/mol. The van der Waals surface area contributed by atoms with E-state index in [2.05, 4.69) is 62.3 Å². The van der Waals surface area contributed by atoms with Crippen LogP contribution >= 0.6 is 0 Å². The lowest BCUT2D eigenvalue weighted by molar-refractivity contribution is 0.356. The second kappa shape index (κ2) is 28.8. The van der Waals surface area contributed by atoms with E-state index in [0.717, 1.165) is 18.1 Å². The van der Waals surface area contributed by atoms with Crippen molar-refractivity contribution in [2.24, 2.45) is 16.2 Å². The summed E-state index contributed by atoms with van der Waals surface area (Å²) in [4.78, 5) is 14.2. The van der Waals surface area contributed by atoms with Gasteiger partial charge in [-0.2, -0.15) is 0 Å². The highest BCUT2D eigenvalue weighted by molar-refractivity contribution is 6.72. The lowest BCUT2D eigenvalue weighted by Crippen LogP contribution is -2.32. The molecule has 0 saturated heterocycles. The third kappa shape index (κ3) is 38.8. The minimum Gasteiger partial charge on any atom is -0.297 e. The predicted molar refractivity (Wildman–Crippen MR) is 218 cm³/mol. The van der Waals surface area contributed by atoms with E-state index in [1.165, 1.54) is 193 Å². The molecule has 0 unspecified atom stereocenters. The molecule has 0 amide bonds. The Bertz CT molecular complexity index is 560. The van der Waals surface area contributed by atoms with Gasteiger partial charge in [0.1, 0.15) is 0 Å². The highest BCUT2D eigenvalue weighted by Crippen LogP contribution is 2.29. The first-order valence-electron chi connectivity index (χ1n) is 21.8. The lowest BCUT2D eigenvalue weighted by Gasteiger charge is -2.23. The predicted octanol–water partition coefficient (Wildman–Crippen LogP) is 17.2. The summed E-state index contributed by atoms with van der Waals surface area (Å²) in [6, 6.07) is 3.22. The van der Waals surface area contributed by atoms with E-state index < -0.39 is 8.32 Å². The maximum Gasteiger partial charge on any atom is 0.237 e. The van der Waals surface area contributed by atoms with E-state index in [4.69, 9.17) is 0 Å². The van der Waals surface area contributed by atoms with Gasteiger partial charge in [0.2, 0.25) is 8.32 Å². The monoisotopic (exact) mass is 678 g/mol. The zero-order valence-electron chi connectivity index (χ0n) is 34.7. The Morgan fingerprint density at radius 3 is 0.574 bits per heavy atom. The van der Waals surface area contributed by atoms with Gasteiger partial charge in [-0.15, -0.1) is 0 Å². The molecule has 0 heterocycles. The molecule has 0 aromatic rings. The van der Waals surface area contributed by atoms with Crippen LogP contribution in [0.25, 0.3) is 0 Å². The maximum absolute atomic E-state index is 14.2. The Balaban J connectivity index is 4.17. The SMILES string of the molecule is CC(C)(C)CCCCCCCCCCC[Si]([O])(CCCCCCCCCCCC(C)(C)C)CCCCCCCCCCCC(C)(C)C. The quantitative estimate of drug-likeness (QED) is 0.0487. The van der Waals surface area contributed by atoms with Gasteiger partial charge in [-0.25, -0.2) is 0 Å². The molecule has 0 fully saturated rings. The first kappa shape index (κ1) is 47.2. The van der Waals surface area contributed by atoms with Gasteiger partial charge in [-0.1, -0.05) is 236 Å². The van der Waals surface area contributed by atoms with Crippen LogP contribution < -0.4 is 0 Å². The Labute approximate surface area is 301 Å². The number of hydrogen-bond acceptors (Lipinski definition) is 0. The number of hydrogen-bond donors (Lipinski definition) is 0. The molecule has 0 atom stereocenters. The molecule has 2 heteroatoms. The number of unbranched alkanes of at least 4 members (excludes halogenated alkanes) is 24. The summed E-state index contributed by atoms with van der Waals surface area (Å²) in [5, 5.41) is 0. The molecule has 0 aromatic carbocycles. The van der Waals surface area contributed by atoms with Crippen molar-refractivity contribution in [2.45, 2.75) is 273 Å². The van der Waals surface area contributed by atoms with Crippen LogP contribution in [0, 0.1) is 16.2 Å². The Morgan fingerprint density at radius 1 is 0.255 bits per heavy atom. The van der Waals surface area contributed by atoms with Crippen LogP contribution in [0.5, 0.6) is 0 Å². The molecule has 0 rings (SSSR count). The van der Waals surface area contributed by atoms with Crippen molar-refractivity contribution in [2.75, 3.05) is 0 Å². The molecule has 0 aliphatic carbocycles. The van der Waals surface area contributed by atoms with Crippen LogP contribution in [-0.2, 0) is 4.80 Å². The normalized spacial score (nSPS) is 13.1. The average Bonchev–Trinajstić information content (AvgIpc) is 2.96. The fraction of sp³-hybridized carbons (Fsp3) is 1.00. The minimum absolute atomic E-state index is 0.497. The minimum atomic E-state index is -2.32. The molecule has 283 valence electrons. The molecule has 47 heavy (non-hydrogen) atoms. The highest BCUT2D eigenvalue weighted by Gasteiger charge is 2.31.